The first-order valence-electron chi connectivity index (χ1n) is 9.87. The quantitative estimate of drug-likeness (QED) is 0.661. The first-order chi connectivity index (χ1) is 13.7. The van der Waals surface area contributed by atoms with Gasteiger partial charge in [0.1, 0.15) is 5.75 Å². The maximum Gasteiger partial charge on any atom is 0.227 e. The van der Waals surface area contributed by atoms with Crippen LogP contribution in [0.15, 0.2) is 54.6 Å². The van der Waals surface area contributed by atoms with Crippen LogP contribution in [-0.4, -0.2) is 61.3 Å². The molecule has 3 rings (SSSR count). The molecule has 1 saturated heterocycles. The number of hydrogen-bond acceptors (Lipinski definition) is 4. The van der Waals surface area contributed by atoms with E-state index in [-0.39, 0.29) is 11.7 Å². The average Bonchev–Trinajstić information content (AvgIpc) is 2.75. The molecule has 1 amide bonds. The molecule has 0 unspecified atom stereocenters. The molecule has 2 aromatic rings. The lowest BCUT2D eigenvalue weighted by Crippen LogP contribution is -2.49. The molecule has 0 N–H and O–H groups in total. The summed E-state index contributed by atoms with van der Waals surface area (Å²) < 4.78 is 5.15. The van der Waals surface area contributed by atoms with Gasteiger partial charge in [-0.2, -0.15) is 0 Å². The second kappa shape index (κ2) is 10.0. The van der Waals surface area contributed by atoms with Crippen molar-refractivity contribution in [1.82, 2.24) is 9.80 Å². The number of ether oxygens (including phenoxy) is 1. The molecule has 2 aromatic carbocycles. The standard InChI is InChI=1S/C23H28N2O3/c1-28-21-11-9-19(10-12-21)18-23(27)25-16-14-24(15-17-25)13-5-8-22(26)20-6-3-2-4-7-20/h2-4,6-7,9-12H,5,8,13-18H2,1H3. The number of piperazine rings is 1. The highest BCUT2D eigenvalue weighted by Crippen LogP contribution is 2.13. The normalized spacial score (nSPS) is 14.7. The molecular formula is C23H28N2O3. The third-order valence-corrected chi connectivity index (χ3v) is 5.21. The summed E-state index contributed by atoms with van der Waals surface area (Å²) in [6.07, 6.45) is 1.85. The van der Waals surface area contributed by atoms with Gasteiger partial charge in [-0.05, 0) is 30.7 Å². The third-order valence-electron chi connectivity index (χ3n) is 5.21. The molecule has 5 heteroatoms. The number of hydrogen-bond donors (Lipinski definition) is 0. The molecule has 0 aliphatic carbocycles. The van der Waals surface area contributed by atoms with Crippen LogP contribution in [0.5, 0.6) is 5.75 Å². The smallest absolute Gasteiger partial charge is 0.227 e. The van der Waals surface area contributed by atoms with Crippen LogP contribution in [0, 0.1) is 0 Å². The van der Waals surface area contributed by atoms with E-state index in [1.165, 1.54) is 0 Å². The fraction of sp³-hybridized carbons (Fsp3) is 0.391. The number of nitrogens with zero attached hydrogens (tertiary/aromatic N) is 2. The zero-order valence-electron chi connectivity index (χ0n) is 16.5. The Morgan fingerprint density at radius 2 is 1.61 bits per heavy atom. The van der Waals surface area contributed by atoms with Crippen LogP contribution in [0.3, 0.4) is 0 Å². The predicted octanol–water partition coefficient (Wildman–Crippen LogP) is 3.05. The van der Waals surface area contributed by atoms with Crippen molar-refractivity contribution in [3.05, 3.63) is 65.7 Å². The second-order valence-electron chi connectivity index (χ2n) is 7.14. The summed E-state index contributed by atoms with van der Waals surface area (Å²) in [5, 5.41) is 0. The minimum Gasteiger partial charge on any atom is -0.497 e. The van der Waals surface area contributed by atoms with Gasteiger partial charge >= 0.3 is 0 Å². The monoisotopic (exact) mass is 380 g/mol. The molecular weight excluding hydrogens is 352 g/mol. The summed E-state index contributed by atoms with van der Waals surface area (Å²) in [5.41, 5.74) is 1.80. The Morgan fingerprint density at radius 3 is 2.25 bits per heavy atom. The largest absolute Gasteiger partial charge is 0.497 e. The fourth-order valence-corrected chi connectivity index (χ4v) is 3.48. The van der Waals surface area contributed by atoms with Crippen molar-refractivity contribution in [3.63, 3.8) is 0 Å². The minimum absolute atomic E-state index is 0.170. The Hall–Kier alpha value is -2.66. The highest BCUT2D eigenvalue weighted by molar-refractivity contribution is 5.95. The summed E-state index contributed by atoms with van der Waals surface area (Å²) in [5.74, 6) is 1.17. The number of rotatable bonds is 8. The van der Waals surface area contributed by atoms with Crippen LogP contribution in [0.25, 0.3) is 0 Å². The summed E-state index contributed by atoms with van der Waals surface area (Å²) >= 11 is 0. The number of Topliss-reactive ketones (excluding diaryl/α,β-unsaturated/α-hetero) is 1. The van der Waals surface area contributed by atoms with E-state index in [0.717, 1.165) is 56.0 Å². The minimum atomic E-state index is 0.170. The van der Waals surface area contributed by atoms with Gasteiger partial charge in [-0.1, -0.05) is 42.5 Å². The maximum atomic E-state index is 12.5. The average molecular weight is 380 g/mol. The molecule has 0 aromatic heterocycles. The van der Waals surface area contributed by atoms with Gasteiger partial charge in [0.25, 0.3) is 0 Å². The Labute approximate surface area is 166 Å². The third kappa shape index (κ3) is 5.67. The zero-order chi connectivity index (χ0) is 19.8. The summed E-state index contributed by atoms with van der Waals surface area (Å²) in [6, 6.07) is 17.1. The molecule has 148 valence electrons. The topological polar surface area (TPSA) is 49.9 Å². The van der Waals surface area contributed by atoms with Crippen LogP contribution in [-0.2, 0) is 11.2 Å². The highest BCUT2D eigenvalue weighted by atomic mass is 16.5. The Bertz CT molecular complexity index is 766. The van der Waals surface area contributed by atoms with Crippen molar-refractivity contribution in [2.45, 2.75) is 19.3 Å². The van der Waals surface area contributed by atoms with E-state index in [4.69, 9.17) is 4.74 Å². The first kappa shape index (κ1) is 20.1. The summed E-state index contributed by atoms with van der Waals surface area (Å²) in [6.45, 7) is 4.14. The number of carbonyl (C=O) groups is 2. The SMILES string of the molecule is COc1ccc(CC(=O)N2CCN(CCCC(=O)c3ccccc3)CC2)cc1. The molecule has 1 fully saturated rings. The van der Waals surface area contributed by atoms with Crippen molar-refractivity contribution in [2.75, 3.05) is 39.8 Å². The molecule has 0 radical (unpaired) electrons. The summed E-state index contributed by atoms with van der Waals surface area (Å²) in [7, 11) is 1.64. The van der Waals surface area contributed by atoms with Crippen molar-refractivity contribution in [1.29, 1.82) is 0 Å². The molecule has 1 heterocycles. The second-order valence-corrected chi connectivity index (χ2v) is 7.14. The molecule has 0 atom stereocenters. The lowest BCUT2D eigenvalue weighted by Gasteiger charge is -2.34. The van der Waals surface area contributed by atoms with E-state index in [1.807, 2.05) is 59.5 Å². The van der Waals surface area contributed by atoms with Gasteiger partial charge in [-0.25, -0.2) is 0 Å². The number of carbonyl (C=O) groups excluding carboxylic acids is 2. The fourth-order valence-electron chi connectivity index (χ4n) is 3.48. The van der Waals surface area contributed by atoms with E-state index in [1.54, 1.807) is 7.11 Å². The molecule has 28 heavy (non-hydrogen) atoms. The lowest BCUT2D eigenvalue weighted by atomic mass is 10.1. The van der Waals surface area contributed by atoms with Gasteiger partial charge in [0, 0.05) is 38.2 Å². The van der Waals surface area contributed by atoms with Crippen LogP contribution in [0.2, 0.25) is 0 Å². The van der Waals surface area contributed by atoms with Gasteiger partial charge in [-0.3, -0.25) is 14.5 Å². The number of benzene rings is 2. The van der Waals surface area contributed by atoms with Crippen LogP contribution >= 0.6 is 0 Å². The molecule has 1 aliphatic heterocycles. The molecule has 0 saturated carbocycles. The zero-order valence-corrected chi connectivity index (χ0v) is 16.5. The Balaban J connectivity index is 1.36. The van der Waals surface area contributed by atoms with Crippen LogP contribution < -0.4 is 4.74 Å². The van der Waals surface area contributed by atoms with Gasteiger partial charge in [0.2, 0.25) is 5.91 Å². The first-order valence-corrected chi connectivity index (χ1v) is 9.87. The molecule has 5 nitrogen and oxygen atoms in total. The number of amides is 1. The van der Waals surface area contributed by atoms with Crippen molar-refractivity contribution >= 4 is 11.7 Å². The van der Waals surface area contributed by atoms with E-state index in [2.05, 4.69) is 4.90 Å². The van der Waals surface area contributed by atoms with Crippen molar-refractivity contribution in [2.24, 2.45) is 0 Å². The van der Waals surface area contributed by atoms with Gasteiger partial charge < -0.3 is 9.64 Å². The van der Waals surface area contributed by atoms with Crippen LogP contribution in [0.4, 0.5) is 0 Å². The molecule has 1 aliphatic rings. The van der Waals surface area contributed by atoms with E-state index >= 15 is 0 Å². The predicted molar refractivity (Wildman–Crippen MR) is 110 cm³/mol. The number of ketones is 1. The van der Waals surface area contributed by atoms with Crippen molar-refractivity contribution in [3.8, 4) is 5.75 Å². The maximum absolute atomic E-state index is 12.5. The highest BCUT2D eigenvalue weighted by Gasteiger charge is 2.21. The van der Waals surface area contributed by atoms with Gasteiger partial charge in [0.15, 0.2) is 5.78 Å². The van der Waals surface area contributed by atoms with E-state index < -0.39 is 0 Å². The summed E-state index contributed by atoms with van der Waals surface area (Å²) in [4.78, 5) is 29.0. The Morgan fingerprint density at radius 1 is 0.929 bits per heavy atom. The number of methoxy groups -OCH3 is 1. The Kier molecular flexibility index (Phi) is 7.20. The van der Waals surface area contributed by atoms with Crippen LogP contribution in [0.1, 0.15) is 28.8 Å². The van der Waals surface area contributed by atoms with E-state index in [0.29, 0.717) is 12.8 Å². The lowest BCUT2D eigenvalue weighted by molar-refractivity contribution is -0.132. The molecule has 0 spiro atoms. The van der Waals surface area contributed by atoms with E-state index in [9.17, 15) is 9.59 Å². The van der Waals surface area contributed by atoms with Gasteiger partial charge in [0.05, 0.1) is 13.5 Å². The van der Waals surface area contributed by atoms with Crippen molar-refractivity contribution < 1.29 is 14.3 Å². The van der Waals surface area contributed by atoms with Gasteiger partial charge in [-0.15, -0.1) is 0 Å². The molecule has 0 bridgehead atoms.